The van der Waals surface area contributed by atoms with Crippen LogP contribution in [0.5, 0.6) is 0 Å². The van der Waals surface area contributed by atoms with Crippen molar-refractivity contribution in [1.82, 2.24) is 0 Å². The van der Waals surface area contributed by atoms with Crippen molar-refractivity contribution in [2.45, 2.75) is 33.6 Å². The zero-order valence-electron chi connectivity index (χ0n) is 17.9. The Morgan fingerprint density at radius 3 is 2.20 bits per heavy atom. The molecule has 1 fully saturated rings. The van der Waals surface area contributed by atoms with Crippen LogP contribution in [0.3, 0.4) is 0 Å². The number of hydrogen-bond acceptors (Lipinski definition) is 0. The average molecular weight is 387 g/mol. The van der Waals surface area contributed by atoms with Gasteiger partial charge in [0.25, 0.3) is 0 Å². The molecule has 0 N–H and O–H groups in total. The van der Waals surface area contributed by atoms with Gasteiger partial charge in [0.2, 0.25) is 0 Å². The second-order valence-corrected chi connectivity index (χ2v) is 9.10. The lowest BCUT2D eigenvalue weighted by Crippen LogP contribution is -1.95. The molecule has 0 atom stereocenters. The van der Waals surface area contributed by atoms with Crippen LogP contribution < -0.4 is 0 Å². The molecule has 1 saturated carbocycles. The summed E-state index contributed by atoms with van der Waals surface area (Å²) >= 11 is 0. The van der Waals surface area contributed by atoms with Crippen LogP contribution in [0.15, 0.2) is 66.7 Å². The van der Waals surface area contributed by atoms with Gasteiger partial charge in [0.05, 0.1) is 0 Å². The molecule has 1 aliphatic carbocycles. The highest BCUT2D eigenvalue weighted by molar-refractivity contribution is 6.26. The molecule has 0 bridgehead atoms. The van der Waals surface area contributed by atoms with E-state index in [0.717, 1.165) is 0 Å². The van der Waals surface area contributed by atoms with Crippen LogP contribution in [0.4, 0.5) is 0 Å². The van der Waals surface area contributed by atoms with E-state index in [-0.39, 0.29) is 0 Å². The summed E-state index contributed by atoms with van der Waals surface area (Å²) in [7, 11) is 0. The smallest absolute Gasteiger partial charge is 0.00179 e. The SMILES string of the molecule is Cc1ccccc1/C=C(/c1cc(C)c2ccc3ccc(C)c4ccc1c2c34)C1CC1. The Bertz CT molecular complexity index is 1460. The predicted molar refractivity (Wildman–Crippen MR) is 131 cm³/mol. The van der Waals surface area contributed by atoms with E-state index in [0.29, 0.717) is 5.92 Å². The van der Waals surface area contributed by atoms with Gasteiger partial charge in [-0.3, -0.25) is 0 Å². The second kappa shape index (κ2) is 6.44. The van der Waals surface area contributed by atoms with Gasteiger partial charge >= 0.3 is 0 Å². The van der Waals surface area contributed by atoms with Gasteiger partial charge in [-0.1, -0.05) is 72.8 Å². The maximum absolute atomic E-state index is 2.46. The van der Waals surface area contributed by atoms with Crippen molar-refractivity contribution < 1.29 is 0 Å². The molecule has 1 aliphatic rings. The first-order chi connectivity index (χ1) is 14.6. The summed E-state index contributed by atoms with van der Waals surface area (Å²) in [5, 5.41) is 8.41. The number of hydrogen-bond donors (Lipinski definition) is 0. The Hall–Kier alpha value is -3.12. The molecule has 0 spiro atoms. The summed E-state index contributed by atoms with van der Waals surface area (Å²) in [6.07, 6.45) is 5.07. The zero-order valence-corrected chi connectivity index (χ0v) is 17.9. The lowest BCUT2D eigenvalue weighted by atomic mass is 9.85. The molecule has 0 amide bonds. The lowest BCUT2D eigenvalue weighted by molar-refractivity contribution is 1.16. The fourth-order valence-corrected chi connectivity index (χ4v) is 5.18. The molecule has 30 heavy (non-hydrogen) atoms. The van der Waals surface area contributed by atoms with E-state index in [4.69, 9.17) is 0 Å². The quantitative estimate of drug-likeness (QED) is 0.215. The molecule has 0 aromatic heterocycles. The maximum atomic E-state index is 2.46. The number of allylic oxidation sites excluding steroid dienone is 1. The van der Waals surface area contributed by atoms with E-state index in [1.165, 1.54) is 78.5 Å². The fraction of sp³-hybridized carbons (Fsp3) is 0.200. The lowest BCUT2D eigenvalue weighted by Gasteiger charge is -2.19. The minimum atomic E-state index is 0.684. The van der Waals surface area contributed by atoms with Gasteiger partial charge in [-0.25, -0.2) is 0 Å². The average Bonchev–Trinajstić information content (AvgIpc) is 3.59. The molecule has 0 heterocycles. The molecule has 0 radical (unpaired) electrons. The molecule has 5 aromatic rings. The summed E-state index contributed by atoms with van der Waals surface area (Å²) in [6, 6.07) is 25.1. The van der Waals surface area contributed by atoms with E-state index >= 15 is 0 Å². The van der Waals surface area contributed by atoms with Crippen molar-refractivity contribution in [3.05, 3.63) is 94.5 Å². The van der Waals surface area contributed by atoms with Gasteiger partial charge in [-0.15, -0.1) is 0 Å². The van der Waals surface area contributed by atoms with Crippen LogP contribution in [0, 0.1) is 26.7 Å². The van der Waals surface area contributed by atoms with E-state index in [2.05, 4.69) is 93.6 Å². The molecular weight excluding hydrogens is 360 g/mol. The first-order valence-electron chi connectivity index (χ1n) is 11.1. The summed E-state index contributed by atoms with van der Waals surface area (Å²) < 4.78 is 0. The maximum Gasteiger partial charge on any atom is -0.00179 e. The van der Waals surface area contributed by atoms with Gasteiger partial charge in [0.1, 0.15) is 0 Å². The van der Waals surface area contributed by atoms with Crippen molar-refractivity contribution >= 4 is 44.0 Å². The Morgan fingerprint density at radius 1 is 0.700 bits per heavy atom. The number of benzene rings is 5. The summed E-state index contributed by atoms with van der Waals surface area (Å²) in [4.78, 5) is 0. The molecule has 0 heteroatoms. The number of aryl methyl sites for hydroxylation is 3. The molecule has 6 rings (SSSR count). The molecule has 0 nitrogen and oxygen atoms in total. The Kier molecular flexibility index (Phi) is 3.80. The van der Waals surface area contributed by atoms with Crippen molar-refractivity contribution in [2.24, 2.45) is 5.92 Å². The van der Waals surface area contributed by atoms with Crippen LogP contribution in [-0.2, 0) is 0 Å². The van der Waals surface area contributed by atoms with Crippen LogP contribution in [0.2, 0.25) is 0 Å². The van der Waals surface area contributed by atoms with Crippen LogP contribution in [-0.4, -0.2) is 0 Å². The van der Waals surface area contributed by atoms with E-state index in [9.17, 15) is 0 Å². The first kappa shape index (κ1) is 17.7. The van der Waals surface area contributed by atoms with Gasteiger partial charge < -0.3 is 0 Å². The van der Waals surface area contributed by atoms with Gasteiger partial charge in [-0.2, -0.15) is 0 Å². The molecule has 5 aromatic carbocycles. The summed E-state index contributed by atoms with van der Waals surface area (Å²) in [6.45, 7) is 6.72. The third-order valence-electron chi connectivity index (χ3n) is 7.03. The van der Waals surface area contributed by atoms with Crippen molar-refractivity contribution in [3.8, 4) is 0 Å². The normalized spacial score (nSPS) is 15.0. The first-order valence-corrected chi connectivity index (χ1v) is 11.1. The Balaban J connectivity index is 1.72. The molecule has 146 valence electrons. The largest absolute Gasteiger partial charge is 0.0620 e. The van der Waals surface area contributed by atoms with Gasteiger partial charge in [0, 0.05) is 0 Å². The molecule has 0 saturated heterocycles. The standard InChI is InChI=1S/C30H26/c1-18-6-4-5-7-23(18)17-27(21-10-11-21)28-16-20(3)25-13-12-22-9-8-19(2)24-14-15-26(28)30(25)29(22)24/h4-9,12-17,21H,10-11H2,1-3H3/b27-17+. The second-order valence-electron chi connectivity index (χ2n) is 9.10. The highest BCUT2D eigenvalue weighted by atomic mass is 14.3. The van der Waals surface area contributed by atoms with Gasteiger partial charge in [-0.05, 0) is 105 Å². The van der Waals surface area contributed by atoms with E-state index in [1.807, 2.05) is 0 Å². The van der Waals surface area contributed by atoms with Crippen LogP contribution >= 0.6 is 0 Å². The summed E-state index contributed by atoms with van der Waals surface area (Å²) in [5.74, 6) is 0.684. The summed E-state index contributed by atoms with van der Waals surface area (Å²) in [5.41, 5.74) is 8.38. The minimum absolute atomic E-state index is 0.684. The van der Waals surface area contributed by atoms with Gasteiger partial charge in [0.15, 0.2) is 0 Å². The predicted octanol–water partition coefficient (Wildman–Crippen LogP) is 8.46. The van der Waals surface area contributed by atoms with Crippen LogP contribution in [0.1, 0.15) is 40.7 Å². The molecule has 0 unspecified atom stereocenters. The highest BCUT2D eigenvalue weighted by Gasteiger charge is 2.29. The van der Waals surface area contributed by atoms with Crippen LogP contribution in [0.25, 0.3) is 44.0 Å². The van der Waals surface area contributed by atoms with E-state index < -0.39 is 0 Å². The third-order valence-corrected chi connectivity index (χ3v) is 7.03. The Morgan fingerprint density at radius 2 is 1.40 bits per heavy atom. The molecule has 0 aliphatic heterocycles. The van der Waals surface area contributed by atoms with Crippen molar-refractivity contribution in [2.75, 3.05) is 0 Å². The minimum Gasteiger partial charge on any atom is -0.0620 e. The highest BCUT2D eigenvalue weighted by Crippen LogP contribution is 2.47. The topological polar surface area (TPSA) is 0 Å². The van der Waals surface area contributed by atoms with E-state index in [1.54, 1.807) is 0 Å². The van der Waals surface area contributed by atoms with Crippen molar-refractivity contribution in [1.29, 1.82) is 0 Å². The molecular formula is C30H26. The Labute approximate surface area is 178 Å². The fourth-order valence-electron chi connectivity index (χ4n) is 5.18. The third kappa shape index (κ3) is 2.60. The monoisotopic (exact) mass is 386 g/mol. The zero-order chi connectivity index (χ0) is 20.4. The van der Waals surface area contributed by atoms with Crippen molar-refractivity contribution in [3.63, 3.8) is 0 Å². The number of rotatable bonds is 3.